The smallest absolute Gasteiger partial charge is 0.129 e. The molecule has 2 rings (SSSR count). The zero-order valence-electron chi connectivity index (χ0n) is 12.9. The molecular weight excluding hydrogens is 361 g/mol. The quantitative estimate of drug-likeness (QED) is 0.444. The fraction of sp³-hybridized carbons (Fsp3) is 0.533. The van der Waals surface area contributed by atoms with Crippen molar-refractivity contribution >= 4 is 42.6 Å². The zero-order valence-corrected chi connectivity index (χ0v) is 15.3. The molecule has 0 aliphatic carbocycles. The molecule has 23 heavy (non-hydrogen) atoms. The molecule has 1 N–H and O–H groups in total. The lowest BCUT2D eigenvalue weighted by molar-refractivity contribution is 0.0733. The summed E-state index contributed by atoms with van der Waals surface area (Å²) in [5.74, 6) is 0. The number of benzene rings is 1. The van der Waals surface area contributed by atoms with Crippen LogP contribution < -0.4 is 0 Å². The fourth-order valence-corrected chi connectivity index (χ4v) is 2.37. The molecule has 1 aliphatic heterocycles. The average molecular weight is 385 g/mol. The van der Waals surface area contributed by atoms with Crippen molar-refractivity contribution in [3.05, 3.63) is 34.9 Å². The second kappa shape index (κ2) is 12.8. The molecule has 1 aromatic rings. The molecule has 1 saturated heterocycles. The average Bonchev–Trinajstić information content (AvgIpc) is 2.51. The maximum atomic E-state index is 8.90. The molecular formula is C15H24Cl3N3O2. The van der Waals surface area contributed by atoms with Gasteiger partial charge in [-0.15, -0.1) is 24.8 Å². The Morgan fingerprint density at radius 3 is 2.17 bits per heavy atom. The molecule has 8 heteroatoms. The summed E-state index contributed by atoms with van der Waals surface area (Å²) >= 11 is 5.81. The van der Waals surface area contributed by atoms with Gasteiger partial charge in [-0.2, -0.15) is 0 Å². The topological polar surface area (TPSA) is 48.3 Å². The second-order valence-electron chi connectivity index (χ2n) is 5.03. The summed E-state index contributed by atoms with van der Waals surface area (Å²) in [6.07, 6.45) is 1.69. The summed E-state index contributed by atoms with van der Waals surface area (Å²) in [6, 6.07) is 7.45. The van der Waals surface area contributed by atoms with Gasteiger partial charge in [-0.25, -0.2) is 0 Å². The molecule has 0 bridgehead atoms. The number of rotatable bonds is 7. The number of oxime groups is 1. The maximum Gasteiger partial charge on any atom is 0.129 e. The normalized spacial score (nSPS) is 15.9. The van der Waals surface area contributed by atoms with E-state index in [1.54, 1.807) is 6.21 Å². The summed E-state index contributed by atoms with van der Waals surface area (Å²) in [5.41, 5.74) is 0.969. The minimum absolute atomic E-state index is 0. The zero-order chi connectivity index (χ0) is 14.9. The van der Waals surface area contributed by atoms with Crippen LogP contribution in [0.4, 0.5) is 0 Å². The number of halogens is 3. The Morgan fingerprint density at radius 1 is 1.04 bits per heavy atom. The van der Waals surface area contributed by atoms with E-state index in [9.17, 15) is 0 Å². The predicted octanol–water partition coefficient (Wildman–Crippen LogP) is 2.14. The number of hydrogen-bond donors (Lipinski definition) is 1. The van der Waals surface area contributed by atoms with Crippen LogP contribution in [-0.2, 0) is 4.84 Å². The van der Waals surface area contributed by atoms with E-state index in [0.717, 1.165) is 44.8 Å². The van der Waals surface area contributed by atoms with E-state index >= 15 is 0 Å². The highest BCUT2D eigenvalue weighted by Crippen LogP contribution is 2.07. The molecule has 0 aromatic heterocycles. The van der Waals surface area contributed by atoms with Crippen molar-refractivity contribution in [3.8, 4) is 0 Å². The first-order chi connectivity index (χ1) is 10.3. The van der Waals surface area contributed by atoms with E-state index < -0.39 is 0 Å². The van der Waals surface area contributed by atoms with Gasteiger partial charge in [-0.3, -0.25) is 9.80 Å². The molecule has 1 aliphatic rings. The van der Waals surface area contributed by atoms with Gasteiger partial charge in [-0.05, 0) is 17.7 Å². The molecule has 132 valence electrons. The van der Waals surface area contributed by atoms with Crippen LogP contribution in [0.1, 0.15) is 5.56 Å². The number of nitrogens with zero attached hydrogens (tertiary/aromatic N) is 3. The summed E-state index contributed by atoms with van der Waals surface area (Å²) in [4.78, 5) is 9.91. The van der Waals surface area contributed by atoms with Gasteiger partial charge in [0, 0.05) is 44.3 Å². The first-order valence-corrected chi connectivity index (χ1v) is 7.62. The highest BCUT2D eigenvalue weighted by atomic mass is 35.5. The molecule has 0 unspecified atom stereocenters. The Morgan fingerprint density at radius 2 is 1.61 bits per heavy atom. The fourth-order valence-electron chi connectivity index (χ4n) is 2.25. The van der Waals surface area contributed by atoms with E-state index in [1.165, 1.54) is 0 Å². The number of piperazine rings is 1. The lowest BCUT2D eigenvalue weighted by atomic mass is 10.2. The van der Waals surface area contributed by atoms with Crippen molar-refractivity contribution in [1.82, 2.24) is 9.80 Å². The second-order valence-corrected chi connectivity index (χ2v) is 5.46. The van der Waals surface area contributed by atoms with E-state index in [4.69, 9.17) is 21.5 Å². The van der Waals surface area contributed by atoms with Crippen LogP contribution in [0, 0.1) is 0 Å². The highest BCUT2D eigenvalue weighted by molar-refractivity contribution is 6.30. The number of aliphatic hydroxyl groups excluding tert-OH is 1. The minimum atomic E-state index is 0. The molecule has 0 atom stereocenters. The Balaban J connectivity index is 0.00000242. The number of β-amino-alcohol motifs (C(OH)–C–C–N with tert-alkyl or cyclic N) is 1. The molecule has 5 nitrogen and oxygen atoms in total. The monoisotopic (exact) mass is 383 g/mol. The van der Waals surface area contributed by atoms with Crippen LogP contribution in [0.25, 0.3) is 0 Å². The van der Waals surface area contributed by atoms with Crippen molar-refractivity contribution < 1.29 is 9.94 Å². The summed E-state index contributed by atoms with van der Waals surface area (Å²) in [7, 11) is 0. The van der Waals surface area contributed by atoms with E-state index in [0.29, 0.717) is 11.6 Å². The Hall–Kier alpha value is -0.560. The lowest BCUT2D eigenvalue weighted by Crippen LogP contribution is -2.47. The number of hydrogen-bond acceptors (Lipinski definition) is 5. The third-order valence-electron chi connectivity index (χ3n) is 3.53. The van der Waals surface area contributed by atoms with Gasteiger partial charge in [0.15, 0.2) is 0 Å². The molecule has 1 fully saturated rings. The maximum absolute atomic E-state index is 8.90. The van der Waals surface area contributed by atoms with Crippen LogP contribution in [-0.4, -0.2) is 73.6 Å². The van der Waals surface area contributed by atoms with E-state index in [2.05, 4.69) is 15.0 Å². The van der Waals surface area contributed by atoms with E-state index in [1.807, 2.05) is 24.3 Å². The Labute approximate surface area is 155 Å². The van der Waals surface area contributed by atoms with Gasteiger partial charge in [0.1, 0.15) is 6.61 Å². The first-order valence-electron chi connectivity index (χ1n) is 7.24. The predicted molar refractivity (Wildman–Crippen MR) is 99.5 cm³/mol. The van der Waals surface area contributed by atoms with Gasteiger partial charge < -0.3 is 9.94 Å². The largest absolute Gasteiger partial charge is 0.395 e. The van der Waals surface area contributed by atoms with Crippen LogP contribution in [0.15, 0.2) is 29.4 Å². The van der Waals surface area contributed by atoms with Crippen molar-refractivity contribution in [3.63, 3.8) is 0 Å². The summed E-state index contributed by atoms with van der Waals surface area (Å²) < 4.78 is 0. The Bertz CT molecular complexity index is 438. The minimum Gasteiger partial charge on any atom is -0.395 e. The van der Waals surface area contributed by atoms with Crippen LogP contribution >= 0.6 is 36.4 Å². The van der Waals surface area contributed by atoms with Gasteiger partial charge in [0.05, 0.1) is 12.8 Å². The molecule has 1 heterocycles. The van der Waals surface area contributed by atoms with Gasteiger partial charge >= 0.3 is 0 Å². The van der Waals surface area contributed by atoms with Crippen LogP contribution in [0.3, 0.4) is 0 Å². The summed E-state index contributed by atoms with van der Waals surface area (Å²) in [5, 5.41) is 13.6. The van der Waals surface area contributed by atoms with Crippen molar-refractivity contribution in [2.75, 3.05) is 52.5 Å². The Kier molecular flexibility index (Phi) is 12.5. The molecule has 0 saturated carbocycles. The number of aliphatic hydroxyl groups is 1. The molecule has 0 spiro atoms. The SMILES string of the molecule is Cl.Cl.OCCN1CCN(CCO/N=C/c2ccc(Cl)cc2)CC1. The third-order valence-corrected chi connectivity index (χ3v) is 3.78. The standard InChI is InChI=1S/C15H22ClN3O2.2ClH/c16-15-3-1-14(2-4-15)13-17-21-12-10-19-7-5-18(6-8-19)9-11-20;;/h1-4,13,20H,5-12H2;2*1H/b17-13+;;. The molecule has 1 aromatic carbocycles. The molecule has 0 amide bonds. The summed E-state index contributed by atoms with van der Waals surface area (Å²) in [6.45, 7) is 6.53. The first kappa shape index (κ1) is 22.4. The van der Waals surface area contributed by atoms with Gasteiger partial charge in [0.2, 0.25) is 0 Å². The molecule has 0 radical (unpaired) electrons. The van der Waals surface area contributed by atoms with Crippen molar-refractivity contribution in [1.29, 1.82) is 0 Å². The lowest BCUT2D eigenvalue weighted by Gasteiger charge is -2.33. The van der Waals surface area contributed by atoms with Crippen molar-refractivity contribution in [2.45, 2.75) is 0 Å². The van der Waals surface area contributed by atoms with E-state index in [-0.39, 0.29) is 31.4 Å². The van der Waals surface area contributed by atoms with Gasteiger partial charge in [0.25, 0.3) is 0 Å². The highest BCUT2D eigenvalue weighted by Gasteiger charge is 2.15. The van der Waals surface area contributed by atoms with Gasteiger partial charge in [-0.1, -0.05) is 28.9 Å². The third kappa shape index (κ3) is 8.74. The van der Waals surface area contributed by atoms with Crippen LogP contribution in [0.2, 0.25) is 5.02 Å². The van der Waals surface area contributed by atoms with Crippen LogP contribution in [0.5, 0.6) is 0 Å². The van der Waals surface area contributed by atoms with Crippen molar-refractivity contribution in [2.24, 2.45) is 5.16 Å².